The lowest BCUT2D eigenvalue weighted by Gasteiger charge is -2.08. The van der Waals surface area contributed by atoms with Gasteiger partial charge in [-0.05, 0) is 30.5 Å². The maximum atomic E-state index is 12.5. The van der Waals surface area contributed by atoms with Gasteiger partial charge in [-0.15, -0.1) is 5.10 Å². The molecule has 1 unspecified atom stereocenters. The van der Waals surface area contributed by atoms with Crippen molar-refractivity contribution >= 4 is 32.9 Å². The fourth-order valence-corrected chi connectivity index (χ4v) is 2.65. The first-order chi connectivity index (χ1) is 10.3. The molecule has 0 bridgehead atoms. The molecule has 0 spiro atoms. The van der Waals surface area contributed by atoms with Crippen molar-refractivity contribution in [3.8, 4) is 0 Å². The first-order valence-corrected chi connectivity index (χ1v) is 7.70. The molecule has 0 saturated carbocycles. The zero-order valence-electron chi connectivity index (χ0n) is 11.3. The number of aryl methyl sites for hydroxylation is 1. The molecule has 106 valence electrons. The number of aromatic nitrogens is 3. The van der Waals surface area contributed by atoms with Gasteiger partial charge in [-0.2, -0.15) is 4.68 Å². The molecule has 1 heterocycles. The van der Waals surface area contributed by atoms with Crippen molar-refractivity contribution in [3.05, 3.63) is 60.2 Å². The van der Waals surface area contributed by atoms with Crippen molar-refractivity contribution in [2.45, 2.75) is 17.7 Å². The first-order valence-electron chi connectivity index (χ1n) is 6.78. The van der Waals surface area contributed by atoms with Gasteiger partial charge in [-0.25, -0.2) is 0 Å². The molecule has 0 aliphatic heterocycles. The van der Waals surface area contributed by atoms with Crippen molar-refractivity contribution in [1.29, 1.82) is 0 Å². The number of rotatable bonds is 4. The standard InChI is InChI=1S/C16H14BrN3O/c17-13(11-10-12-6-2-1-3-7-12)16(21)20-15-9-5-4-8-14(15)18-19-20/h1-9,13H,10-11H2. The van der Waals surface area contributed by atoms with Gasteiger partial charge in [0.05, 0.1) is 10.3 Å². The highest BCUT2D eigenvalue weighted by Gasteiger charge is 2.20. The Morgan fingerprint density at radius 2 is 1.81 bits per heavy atom. The summed E-state index contributed by atoms with van der Waals surface area (Å²) in [5.74, 6) is -0.0837. The van der Waals surface area contributed by atoms with E-state index in [1.54, 1.807) is 0 Å². The number of carbonyl (C=O) groups is 1. The molecule has 1 aromatic heterocycles. The van der Waals surface area contributed by atoms with Crippen LogP contribution in [0.3, 0.4) is 0 Å². The van der Waals surface area contributed by atoms with Gasteiger partial charge in [0, 0.05) is 0 Å². The number of hydrogen-bond donors (Lipinski definition) is 0. The Morgan fingerprint density at radius 3 is 2.62 bits per heavy atom. The van der Waals surface area contributed by atoms with E-state index in [0.29, 0.717) is 0 Å². The van der Waals surface area contributed by atoms with Gasteiger partial charge >= 0.3 is 0 Å². The van der Waals surface area contributed by atoms with Crippen molar-refractivity contribution in [2.24, 2.45) is 0 Å². The van der Waals surface area contributed by atoms with Gasteiger partial charge in [-0.3, -0.25) is 4.79 Å². The number of para-hydroxylation sites is 1. The van der Waals surface area contributed by atoms with E-state index in [1.165, 1.54) is 10.2 Å². The van der Waals surface area contributed by atoms with Crippen LogP contribution in [0.1, 0.15) is 16.8 Å². The lowest BCUT2D eigenvalue weighted by Crippen LogP contribution is -2.23. The van der Waals surface area contributed by atoms with Gasteiger partial charge in [0.2, 0.25) is 0 Å². The van der Waals surface area contributed by atoms with E-state index in [4.69, 9.17) is 0 Å². The Kier molecular flexibility index (Phi) is 4.10. The Morgan fingerprint density at radius 1 is 1.10 bits per heavy atom. The highest BCUT2D eigenvalue weighted by Crippen LogP contribution is 2.16. The van der Waals surface area contributed by atoms with Crippen molar-refractivity contribution in [2.75, 3.05) is 0 Å². The summed E-state index contributed by atoms with van der Waals surface area (Å²) in [6.07, 6.45) is 1.56. The fourth-order valence-electron chi connectivity index (χ4n) is 2.23. The summed E-state index contributed by atoms with van der Waals surface area (Å²) in [5, 5.41) is 7.97. The quantitative estimate of drug-likeness (QED) is 0.681. The molecule has 3 aromatic rings. The van der Waals surface area contributed by atoms with Crippen LogP contribution in [0.2, 0.25) is 0 Å². The zero-order chi connectivity index (χ0) is 14.7. The van der Waals surface area contributed by atoms with E-state index >= 15 is 0 Å². The summed E-state index contributed by atoms with van der Waals surface area (Å²) in [4.78, 5) is 12.2. The molecule has 3 rings (SSSR count). The average Bonchev–Trinajstić information content (AvgIpc) is 2.97. The molecular weight excluding hydrogens is 330 g/mol. The molecule has 0 aliphatic carbocycles. The van der Waals surface area contributed by atoms with Crippen LogP contribution in [0.5, 0.6) is 0 Å². The number of halogens is 1. The number of benzene rings is 2. The summed E-state index contributed by atoms with van der Waals surface area (Å²) >= 11 is 3.47. The van der Waals surface area contributed by atoms with E-state index in [-0.39, 0.29) is 10.7 Å². The Labute approximate surface area is 130 Å². The lowest BCUT2D eigenvalue weighted by molar-refractivity contribution is 0.0897. The second kappa shape index (κ2) is 6.18. The number of fused-ring (bicyclic) bond motifs is 1. The van der Waals surface area contributed by atoms with Gasteiger partial charge in [0.1, 0.15) is 5.52 Å². The molecular formula is C16H14BrN3O. The summed E-state index contributed by atoms with van der Waals surface area (Å²) in [6, 6.07) is 17.6. The molecule has 0 amide bonds. The molecule has 0 saturated heterocycles. The van der Waals surface area contributed by atoms with E-state index in [2.05, 4.69) is 38.4 Å². The van der Waals surface area contributed by atoms with Crippen LogP contribution >= 0.6 is 15.9 Å². The predicted molar refractivity (Wildman–Crippen MR) is 85.6 cm³/mol. The summed E-state index contributed by atoms with van der Waals surface area (Å²) in [7, 11) is 0. The maximum Gasteiger partial charge on any atom is 0.262 e. The lowest BCUT2D eigenvalue weighted by atomic mass is 10.1. The molecule has 0 fully saturated rings. The van der Waals surface area contributed by atoms with Crippen LogP contribution in [0.4, 0.5) is 0 Å². The number of nitrogens with zero attached hydrogens (tertiary/aromatic N) is 3. The largest absolute Gasteiger partial charge is 0.271 e. The van der Waals surface area contributed by atoms with Crippen molar-refractivity contribution in [1.82, 2.24) is 15.0 Å². The minimum absolute atomic E-state index is 0.0837. The first kappa shape index (κ1) is 13.9. The molecule has 0 N–H and O–H groups in total. The molecule has 0 aliphatic rings. The maximum absolute atomic E-state index is 12.5. The second-order valence-corrected chi connectivity index (χ2v) is 5.93. The monoisotopic (exact) mass is 343 g/mol. The second-order valence-electron chi connectivity index (χ2n) is 4.82. The highest BCUT2D eigenvalue weighted by atomic mass is 79.9. The molecule has 2 aromatic carbocycles. The van der Waals surface area contributed by atoms with Crippen LogP contribution in [0.25, 0.3) is 11.0 Å². The normalized spacial score (nSPS) is 12.4. The minimum atomic E-state index is -0.275. The SMILES string of the molecule is O=C(C(Br)CCc1ccccc1)n1nnc2ccccc21. The van der Waals surface area contributed by atoms with Gasteiger partial charge < -0.3 is 0 Å². The molecule has 4 nitrogen and oxygen atoms in total. The molecule has 0 radical (unpaired) electrons. The third-order valence-corrected chi connectivity index (χ3v) is 4.21. The molecule has 1 atom stereocenters. The van der Waals surface area contributed by atoms with E-state index in [0.717, 1.165) is 23.9 Å². The van der Waals surface area contributed by atoms with Gasteiger partial charge in [0.25, 0.3) is 5.91 Å². The number of carbonyl (C=O) groups excluding carboxylic acids is 1. The third kappa shape index (κ3) is 3.03. The van der Waals surface area contributed by atoms with Crippen molar-refractivity contribution in [3.63, 3.8) is 0 Å². The van der Waals surface area contributed by atoms with Gasteiger partial charge in [0.15, 0.2) is 0 Å². The van der Waals surface area contributed by atoms with E-state index < -0.39 is 0 Å². The van der Waals surface area contributed by atoms with Crippen LogP contribution in [0, 0.1) is 0 Å². The number of alkyl halides is 1. The van der Waals surface area contributed by atoms with Crippen LogP contribution in [-0.2, 0) is 6.42 Å². The van der Waals surface area contributed by atoms with E-state index in [9.17, 15) is 4.79 Å². The van der Waals surface area contributed by atoms with Crippen LogP contribution < -0.4 is 0 Å². The summed E-state index contributed by atoms with van der Waals surface area (Å²) < 4.78 is 1.37. The summed E-state index contributed by atoms with van der Waals surface area (Å²) in [6.45, 7) is 0. The predicted octanol–water partition coefficient (Wildman–Crippen LogP) is 3.47. The molecule has 5 heteroatoms. The van der Waals surface area contributed by atoms with Crippen LogP contribution in [-0.4, -0.2) is 25.7 Å². The topological polar surface area (TPSA) is 47.8 Å². The fraction of sp³-hybridized carbons (Fsp3) is 0.188. The Hall–Kier alpha value is -2.01. The average molecular weight is 344 g/mol. The van der Waals surface area contributed by atoms with E-state index in [1.807, 2.05) is 42.5 Å². The van der Waals surface area contributed by atoms with Gasteiger partial charge in [-0.1, -0.05) is 63.6 Å². The third-order valence-electron chi connectivity index (χ3n) is 3.36. The van der Waals surface area contributed by atoms with Crippen LogP contribution in [0.15, 0.2) is 54.6 Å². The number of hydrogen-bond acceptors (Lipinski definition) is 3. The zero-order valence-corrected chi connectivity index (χ0v) is 12.9. The highest BCUT2D eigenvalue weighted by molar-refractivity contribution is 9.10. The minimum Gasteiger partial charge on any atom is -0.271 e. The Balaban J connectivity index is 1.72. The smallest absolute Gasteiger partial charge is 0.262 e. The Bertz CT molecular complexity index is 754. The van der Waals surface area contributed by atoms with Crippen molar-refractivity contribution < 1.29 is 4.79 Å². The summed E-state index contributed by atoms with van der Waals surface area (Å²) in [5.41, 5.74) is 2.69. The molecule has 21 heavy (non-hydrogen) atoms.